The number of pyridine rings is 1. The Morgan fingerprint density at radius 1 is 1.11 bits per heavy atom. The summed E-state index contributed by atoms with van der Waals surface area (Å²) in [5.41, 5.74) is 1.70. The Morgan fingerprint density at radius 2 is 1.89 bits per heavy atom. The van der Waals surface area contributed by atoms with Crippen LogP contribution < -0.4 is 4.90 Å². The third-order valence-corrected chi connectivity index (χ3v) is 8.43. The highest BCUT2D eigenvalue weighted by Gasteiger charge is 2.24. The van der Waals surface area contributed by atoms with E-state index < -0.39 is 10.0 Å². The van der Waals surface area contributed by atoms with Crippen molar-refractivity contribution >= 4 is 42.6 Å². The molecule has 10 heteroatoms. The van der Waals surface area contributed by atoms with Crippen LogP contribution in [0.4, 0.5) is 9.52 Å². The molecule has 0 saturated carbocycles. The van der Waals surface area contributed by atoms with E-state index >= 15 is 0 Å². The molecular weight excluding hydrogens is 487 g/mol. The minimum atomic E-state index is -3.64. The molecule has 2 heterocycles. The van der Waals surface area contributed by atoms with Crippen molar-refractivity contribution in [3.05, 3.63) is 83.9 Å². The Morgan fingerprint density at radius 3 is 2.57 bits per heavy atom. The van der Waals surface area contributed by atoms with E-state index in [1.165, 1.54) is 56.9 Å². The van der Waals surface area contributed by atoms with Crippen LogP contribution in [-0.4, -0.2) is 42.2 Å². The van der Waals surface area contributed by atoms with Crippen LogP contribution in [0, 0.1) is 5.82 Å². The number of hydrogen-bond donors (Lipinski definition) is 0. The van der Waals surface area contributed by atoms with Crippen molar-refractivity contribution in [1.82, 2.24) is 14.3 Å². The largest absolute Gasteiger partial charge is 0.279 e. The van der Waals surface area contributed by atoms with Gasteiger partial charge in [-0.25, -0.2) is 22.1 Å². The molecule has 2 aromatic heterocycles. The molecule has 1 amide bonds. The number of carbonyl (C=O) groups is 1. The fourth-order valence-electron chi connectivity index (χ4n) is 3.51. The van der Waals surface area contributed by atoms with Crippen molar-refractivity contribution in [2.24, 2.45) is 0 Å². The first-order valence-corrected chi connectivity index (χ1v) is 13.4. The number of unbranched alkanes of at least 4 members (excludes halogenated alkanes) is 1. The van der Waals surface area contributed by atoms with Gasteiger partial charge in [-0.05, 0) is 60.5 Å². The smallest absolute Gasteiger partial charge is 0.260 e. The van der Waals surface area contributed by atoms with Gasteiger partial charge < -0.3 is 0 Å². The summed E-state index contributed by atoms with van der Waals surface area (Å²) in [7, 11) is -2.09. The SMILES string of the molecule is CCCCN(C)S(=O)(=O)c1ccc(C(=O)N(Cc2cccnc2)c2nc3ccc(F)cc3s2)cc1. The second kappa shape index (κ2) is 10.6. The number of rotatable bonds is 9. The van der Waals surface area contributed by atoms with E-state index in [2.05, 4.69) is 9.97 Å². The molecule has 7 nitrogen and oxygen atoms in total. The van der Waals surface area contributed by atoms with Gasteiger partial charge in [-0.1, -0.05) is 30.7 Å². The van der Waals surface area contributed by atoms with Gasteiger partial charge in [0.2, 0.25) is 10.0 Å². The minimum absolute atomic E-state index is 0.127. The van der Waals surface area contributed by atoms with Crippen LogP contribution in [-0.2, 0) is 16.6 Å². The van der Waals surface area contributed by atoms with Crippen LogP contribution in [0.3, 0.4) is 0 Å². The number of sulfonamides is 1. The van der Waals surface area contributed by atoms with Gasteiger partial charge >= 0.3 is 0 Å². The van der Waals surface area contributed by atoms with Gasteiger partial charge in [0.05, 0.1) is 21.7 Å². The molecule has 0 bridgehead atoms. The molecule has 35 heavy (non-hydrogen) atoms. The van der Waals surface area contributed by atoms with E-state index in [0.717, 1.165) is 18.4 Å². The van der Waals surface area contributed by atoms with Gasteiger partial charge in [0.1, 0.15) is 5.82 Å². The minimum Gasteiger partial charge on any atom is -0.279 e. The number of fused-ring (bicyclic) bond motifs is 1. The molecule has 0 aliphatic heterocycles. The lowest BCUT2D eigenvalue weighted by atomic mass is 10.2. The normalized spacial score (nSPS) is 11.8. The van der Waals surface area contributed by atoms with Crippen LogP contribution in [0.2, 0.25) is 0 Å². The maximum atomic E-state index is 13.7. The Bertz CT molecular complexity index is 1420. The first-order valence-electron chi connectivity index (χ1n) is 11.1. The number of carbonyl (C=O) groups excluding carboxylic acids is 1. The molecule has 182 valence electrons. The molecule has 0 saturated heterocycles. The second-order valence-electron chi connectivity index (χ2n) is 8.07. The highest BCUT2D eigenvalue weighted by molar-refractivity contribution is 7.89. The van der Waals surface area contributed by atoms with Crippen molar-refractivity contribution in [3.8, 4) is 0 Å². The number of nitrogens with zero attached hydrogens (tertiary/aromatic N) is 4. The molecule has 0 aliphatic carbocycles. The number of thiazole rings is 1. The maximum absolute atomic E-state index is 13.7. The molecule has 0 spiro atoms. The van der Waals surface area contributed by atoms with E-state index in [9.17, 15) is 17.6 Å². The van der Waals surface area contributed by atoms with Crippen LogP contribution in [0.25, 0.3) is 10.2 Å². The Balaban J connectivity index is 1.66. The zero-order valence-electron chi connectivity index (χ0n) is 19.4. The number of amides is 1. The first-order chi connectivity index (χ1) is 16.8. The zero-order chi connectivity index (χ0) is 25.0. The lowest BCUT2D eigenvalue weighted by Gasteiger charge is -2.20. The molecule has 0 unspecified atom stereocenters. The summed E-state index contributed by atoms with van der Waals surface area (Å²) in [4.78, 5) is 23.8. The summed E-state index contributed by atoms with van der Waals surface area (Å²) in [6.45, 7) is 2.63. The summed E-state index contributed by atoms with van der Waals surface area (Å²) < 4.78 is 41.3. The fourth-order valence-corrected chi connectivity index (χ4v) is 5.71. The van der Waals surface area contributed by atoms with Crippen LogP contribution >= 0.6 is 11.3 Å². The summed E-state index contributed by atoms with van der Waals surface area (Å²) in [5.74, 6) is -0.727. The van der Waals surface area contributed by atoms with E-state index in [0.29, 0.717) is 27.5 Å². The van der Waals surface area contributed by atoms with Gasteiger partial charge in [0.25, 0.3) is 5.91 Å². The molecule has 0 N–H and O–H groups in total. The number of anilines is 1. The standard InChI is InChI=1S/C25H25FN4O3S2/c1-3-4-14-29(2)35(32,33)21-10-7-19(8-11-21)24(31)30(17-18-6-5-13-27-16-18)25-28-22-12-9-20(26)15-23(22)34-25/h5-13,15-16H,3-4,14,17H2,1-2H3. The lowest BCUT2D eigenvalue weighted by molar-refractivity contribution is 0.0985. The van der Waals surface area contributed by atoms with Crippen molar-refractivity contribution in [3.63, 3.8) is 0 Å². The molecule has 0 aliphatic rings. The number of hydrogen-bond acceptors (Lipinski definition) is 6. The fraction of sp³-hybridized carbons (Fsp3) is 0.240. The molecule has 4 aromatic rings. The molecule has 4 rings (SSSR count). The number of benzene rings is 2. The Labute approximate surface area is 207 Å². The van der Waals surface area contributed by atoms with Crippen LogP contribution in [0.5, 0.6) is 0 Å². The number of aromatic nitrogens is 2. The van der Waals surface area contributed by atoms with Gasteiger partial charge in [0, 0.05) is 31.5 Å². The quantitative estimate of drug-likeness (QED) is 0.312. The first kappa shape index (κ1) is 24.9. The summed E-state index contributed by atoms with van der Waals surface area (Å²) in [6, 6.07) is 13.8. The summed E-state index contributed by atoms with van der Waals surface area (Å²) in [6.07, 6.45) is 4.96. The van der Waals surface area contributed by atoms with E-state index in [4.69, 9.17) is 0 Å². The average Bonchev–Trinajstić information content (AvgIpc) is 3.29. The predicted octanol–water partition coefficient (Wildman–Crippen LogP) is 5.10. The Kier molecular flexibility index (Phi) is 7.54. The lowest BCUT2D eigenvalue weighted by Crippen LogP contribution is -2.30. The molecule has 0 atom stereocenters. The van der Waals surface area contributed by atoms with E-state index in [1.807, 2.05) is 13.0 Å². The van der Waals surface area contributed by atoms with Gasteiger partial charge in [-0.3, -0.25) is 14.7 Å². The maximum Gasteiger partial charge on any atom is 0.260 e. The molecule has 0 radical (unpaired) electrons. The van der Waals surface area contributed by atoms with Gasteiger partial charge in [-0.15, -0.1) is 0 Å². The van der Waals surface area contributed by atoms with Crippen LogP contribution in [0.15, 0.2) is 71.9 Å². The predicted molar refractivity (Wildman–Crippen MR) is 135 cm³/mol. The third-order valence-electron chi connectivity index (χ3n) is 5.51. The van der Waals surface area contributed by atoms with Crippen molar-refractivity contribution in [2.45, 2.75) is 31.2 Å². The monoisotopic (exact) mass is 512 g/mol. The molecule has 2 aromatic carbocycles. The zero-order valence-corrected chi connectivity index (χ0v) is 21.0. The summed E-state index contributed by atoms with van der Waals surface area (Å²) >= 11 is 1.21. The van der Waals surface area contributed by atoms with Gasteiger partial charge in [-0.2, -0.15) is 0 Å². The Hall–Kier alpha value is -3.21. The van der Waals surface area contributed by atoms with E-state index in [-0.39, 0.29) is 23.2 Å². The summed E-state index contributed by atoms with van der Waals surface area (Å²) in [5, 5.41) is 0.412. The average molecular weight is 513 g/mol. The van der Waals surface area contributed by atoms with Crippen LogP contribution in [0.1, 0.15) is 35.7 Å². The second-order valence-corrected chi connectivity index (χ2v) is 11.1. The highest BCUT2D eigenvalue weighted by atomic mass is 32.2. The van der Waals surface area contributed by atoms with Crippen molar-refractivity contribution < 1.29 is 17.6 Å². The van der Waals surface area contributed by atoms with E-state index in [1.54, 1.807) is 31.6 Å². The third kappa shape index (κ3) is 5.55. The topological polar surface area (TPSA) is 83.5 Å². The van der Waals surface area contributed by atoms with Gasteiger partial charge in [0.15, 0.2) is 5.13 Å². The van der Waals surface area contributed by atoms with Crippen molar-refractivity contribution in [1.29, 1.82) is 0 Å². The number of halogens is 1. The molecule has 0 fully saturated rings. The molecular formula is C25H25FN4O3S2. The van der Waals surface area contributed by atoms with Crippen molar-refractivity contribution in [2.75, 3.05) is 18.5 Å². The highest BCUT2D eigenvalue weighted by Crippen LogP contribution is 2.31.